The summed E-state index contributed by atoms with van der Waals surface area (Å²) in [7, 11) is 0. The van der Waals surface area contributed by atoms with Crippen LogP contribution >= 0.6 is 0 Å². The lowest BCUT2D eigenvalue weighted by atomic mass is 10.1. The van der Waals surface area contributed by atoms with Gasteiger partial charge in [0.1, 0.15) is 17.8 Å². The Balaban J connectivity index is 1.53. The van der Waals surface area contributed by atoms with E-state index in [1.54, 1.807) is 6.33 Å². The van der Waals surface area contributed by atoms with E-state index in [4.69, 9.17) is 11.4 Å². The lowest BCUT2D eigenvalue weighted by molar-refractivity contribution is 0.228. The zero-order chi connectivity index (χ0) is 19.3. The van der Waals surface area contributed by atoms with Gasteiger partial charge in [0.25, 0.3) is 0 Å². The molecule has 1 aliphatic heterocycles. The van der Waals surface area contributed by atoms with E-state index in [0.29, 0.717) is 5.56 Å². The molecule has 1 aliphatic rings. The van der Waals surface area contributed by atoms with Crippen LogP contribution in [0.1, 0.15) is 31.2 Å². The fourth-order valence-electron chi connectivity index (χ4n) is 3.86. The van der Waals surface area contributed by atoms with Gasteiger partial charge in [-0.25, -0.2) is 15.5 Å². The number of nitrogens with two attached hydrogens (primary N) is 1. The summed E-state index contributed by atoms with van der Waals surface area (Å²) < 4.78 is 0. The first kappa shape index (κ1) is 18.3. The molecule has 0 atom stereocenters. The number of hydrogen-bond acceptors (Lipinski definition) is 7. The summed E-state index contributed by atoms with van der Waals surface area (Å²) in [5.74, 6) is 6.33. The van der Waals surface area contributed by atoms with Gasteiger partial charge >= 0.3 is 0 Å². The standard InChI is InChI=1S/C19H25N9/c20-26-17(27-21)13-5-6-14-15(11-13)25-19-16(14)18(23-12-24-19)22-7-4-10-28-8-2-1-3-9-28/h5-6,11-12,20H,1-4,7-10,21H2,(H2,22,23,24,25)/b26-20?,27-17-. The second kappa shape index (κ2) is 8.30. The first-order valence-electron chi connectivity index (χ1n) is 9.68. The third kappa shape index (κ3) is 3.65. The lowest BCUT2D eigenvalue weighted by Crippen LogP contribution is -2.31. The number of aromatic nitrogens is 3. The van der Waals surface area contributed by atoms with Gasteiger partial charge in [0.2, 0.25) is 0 Å². The van der Waals surface area contributed by atoms with Crippen LogP contribution in [0.5, 0.6) is 0 Å². The van der Waals surface area contributed by atoms with Gasteiger partial charge in [-0.3, -0.25) is 0 Å². The number of aromatic amines is 1. The second-order valence-electron chi connectivity index (χ2n) is 7.08. The Morgan fingerprint density at radius 1 is 1.25 bits per heavy atom. The SMILES string of the molecule is N=N/C(=N\N)c1ccc2c(c1)[nH]c1ncnc(NCCCN3CCCCC3)c12. The van der Waals surface area contributed by atoms with Crippen molar-refractivity contribution in [2.45, 2.75) is 25.7 Å². The van der Waals surface area contributed by atoms with Crippen LogP contribution in [0.2, 0.25) is 0 Å². The minimum atomic E-state index is 0.183. The second-order valence-corrected chi connectivity index (χ2v) is 7.08. The molecule has 0 bridgehead atoms. The predicted molar refractivity (Wildman–Crippen MR) is 111 cm³/mol. The summed E-state index contributed by atoms with van der Waals surface area (Å²) >= 11 is 0. The van der Waals surface area contributed by atoms with Crippen molar-refractivity contribution in [2.24, 2.45) is 16.1 Å². The Labute approximate surface area is 162 Å². The van der Waals surface area contributed by atoms with Gasteiger partial charge in [0.15, 0.2) is 5.84 Å². The van der Waals surface area contributed by atoms with E-state index in [1.807, 2.05) is 18.2 Å². The smallest absolute Gasteiger partial charge is 0.199 e. The Hall–Kier alpha value is -3.07. The number of amidine groups is 1. The highest BCUT2D eigenvalue weighted by Gasteiger charge is 2.13. The lowest BCUT2D eigenvalue weighted by Gasteiger charge is -2.26. The first-order valence-corrected chi connectivity index (χ1v) is 9.68. The molecule has 28 heavy (non-hydrogen) atoms. The minimum absolute atomic E-state index is 0.183. The molecule has 9 heteroatoms. The molecule has 3 aromatic rings. The van der Waals surface area contributed by atoms with Crippen molar-refractivity contribution in [3.63, 3.8) is 0 Å². The van der Waals surface area contributed by atoms with Gasteiger partial charge < -0.3 is 21.0 Å². The molecule has 4 rings (SSSR count). The summed E-state index contributed by atoms with van der Waals surface area (Å²) in [5, 5.41) is 12.4. The number of hydrazone groups is 1. The number of rotatable bonds is 6. The number of nitrogens with zero attached hydrogens (tertiary/aromatic N) is 5. The Morgan fingerprint density at radius 3 is 2.89 bits per heavy atom. The maximum Gasteiger partial charge on any atom is 0.199 e. The fourth-order valence-corrected chi connectivity index (χ4v) is 3.86. The van der Waals surface area contributed by atoms with Gasteiger partial charge in [0, 0.05) is 23.0 Å². The number of anilines is 1. The van der Waals surface area contributed by atoms with Crippen LogP contribution in [-0.2, 0) is 0 Å². The van der Waals surface area contributed by atoms with E-state index in [-0.39, 0.29) is 5.84 Å². The summed E-state index contributed by atoms with van der Waals surface area (Å²) in [6.45, 7) is 4.44. The van der Waals surface area contributed by atoms with E-state index >= 15 is 0 Å². The van der Waals surface area contributed by atoms with Crippen molar-refractivity contribution in [3.8, 4) is 0 Å². The highest BCUT2D eigenvalue weighted by molar-refractivity contribution is 6.13. The van der Waals surface area contributed by atoms with E-state index < -0.39 is 0 Å². The van der Waals surface area contributed by atoms with Crippen molar-refractivity contribution in [2.75, 3.05) is 31.5 Å². The van der Waals surface area contributed by atoms with Crippen LogP contribution in [0.25, 0.3) is 21.9 Å². The summed E-state index contributed by atoms with van der Waals surface area (Å²) in [5.41, 5.74) is 9.52. The molecule has 1 saturated heterocycles. The maximum atomic E-state index is 7.18. The molecule has 0 amide bonds. The minimum Gasteiger partial charge on any atom is -0.369 e. The van der Waals surface area contributed by atoms with Gasteiger partial charge in [-0.1, -0.05) is 18.6 Å². The van der Waals surface area contributed by atoms with Crippen LogP contribution < -0.4 is 11.2 Å². The summed E-state index contributed by atoms with van der Waals surface area (Å²) in [6.07, 6.45) is 6.66. The topological polar surface area (TPSA) is 131 Å². The monoisotopic (exact) mass is 379 g/mol. The van der Waals surface area contributed by atoms with Crippen molar-refractivity contribution >= 4 is 33.6 Å². The van der Waals surface area contributed by atoms with E-state index in [1.165, 1.54) is 32.4 Å². The van der Waals surface area contributed by atoms with Crippen molar-refractivity contribution in [1.82, 2.24) is 19.9 Å². The normalized spacial score (nSPS) is 15.9. The molecule has 1 aromatic carbocycles. The maximum absolute atomic E-state index is 7.18. The molecule has 0 radical (unpaired) electrons. The average molecular weight is 379 g/mol. The van der Waals surface area contributed by atoms with Crippen LogP contribution in [0.3, 0.4) is 0 Å². The van der Waals surface area contributed by atoms with Crippen LogP contribution in [0.15, 0.2) is 34.7 Å². The molecule has 146 valence electrons. The van der Waals surface area contributed by atoms with E-state index in [2.05, 4.69) is 35.4 Å². The number of fused-ring (bicyclic) bond motifs is 3. The molecular formula is C19H25N9. The van der Waals surface area contributed by atoms with Crippen molar-refractivity contribution in [1.29, 1.82) is 5.53 Å². The molecule has 0 saturated carbocycles. The highest BCUT2D eigenvalue weighted by atomic mass is 15.2. The van der Waals surface area contributed by atoms with Crippen molar-refractivity contribution < 1.29 is 0 Å². The Morgan fingerprint density at radius 2 is 2.11 bits per heavy atom. The predicted octanol–water partition coefficient (Wildman–Crippen LogP) is 3.05. The molecule has 0 unspecified atom stereocenters. The van der Waals surface area contributed by atoms with Crippen molar-refractivity contribution in [3.05, 3.63) is 30.1 Å². The number of H-pyrrole nitrogens is 1. The number of hydrogen-bond donors (Lipinski definition) is 4. The molecule has 9 nitrogen and oxygen atoms in total. The van der Waals surface area contributed by atoms with Crippen LogP contribution in [0.4, 0.5) is 5.82 Å². The molecule has 3 heterocycles. The number of piperidine rings is 1. The summed E-state index contributed by atoms with van der Waals surface area (Å²) in [4.78, 5) is 14.7. The number of benzene rings is 1. The molecule has 0 spiro atoms. The van der Waals surface area contributed by atoms with Crippen LogP contribution in [0, 0.1) is 5.53 Å². The largest absolute Gasteiger partial charge is 0.369 e. The molecular weight excluding hydrogens is 354 g/mol. The quantitative estimate of drug-likeness (QED) is 0.130. The third-order valence-corrected chi connectivity index (χ3v) is 5.27. The van der Waals surface area contributed by atoms with Gasteiger partial charge in [0.05, 0.1) is 5.39 Å². The molecule has 0 aliphatic carbocycles. The Kier molecular flexibility index (Phi) is 5.43. The third-order valence-electron chi connectivity index (χ3n) is 5.27. The van der Waals surface area contributed by atoms with Gasteiger partial charge in [-0.05, 0) is 45.0 Å². The Bertz CT molecular complexity index is 1000. The number of nitrogens with one attached hydrogen (secondary N) is 3. The zero-order valence-corrected chi connectivity index (χ0v) is 15.8. The average Bonchev–Trinajstić information content (AvgIpc) is 3.11. The molecule has 5 N–H and O–H groups in total. The number of likely N-dealkylation sites (tertiary alicyclic amines) is 1. The first-order chi connectivity index (χ1) is 13.8. The van der Waals surface area contributed by atoms with Gasteiger partial charge in [-0.2, -0.15) is 5.10 Å². The van der Waals surface area contributed by atoms with E-state index in [9.17, 15) is 0 Å². The molecule has 1 fully saturated rings. The fraction of sp³-hybridized carbons (Fsp3) is 0.421. The van der Waals surface area contributed by atoms with Crippen LogP contribution in [-0.4, -0.2) is 51.9 Å². The summed E-state index contributed by atoms with van der Waals surface area (Å²) in [6, 6.07) is 5.69. The van der Waals surface area contributed by atoms with Gasteiger partial charge in [-0.15, -0.1) is 5.11 Å². The highest BCUT2D eigenvalue weighted by Crippen LogP contribution is 2.29. The van der Waals surface area contributed by atoms with E-state index in [0.717, 1.165) is 47.3 Å². The molecule has 2 aromatic heterocycles. The zero-order valence-electron chi connectivity index (χ0n) is 15.8.